The zero-order valence-corrected chi connectivity index (χ0v) is 12.7. The van der Waals surface area contributed by atoms with Crippen LogP contribution in [0.2, 0.25) is 0 Å². The van der Waals surface area contributed by atoms with Gasteiger partial charge in [-0.1, -0.05) is 28.1 Å². The van der Waals surface area contributed by atoms with Gasteiger partial charge in [0.15, 0.2) is 0 Å². The van der Waals surface area contributed by atoms with Crippen molar-refractivity contribution in [3.8, 4) is 0 Å². The Morgan fingerprint density at radius 3 is 2.60 bits per heavy atom. The van der Waals surface area contributed by atoms with Gasteiger partial charge in [0.2, 0.25) is 0 Å². The second-order valence-electron chi connectivity index (χ2n) is 4.08. The van der Waals surface area contributed by atoms with Crippen LogP contribution in [0, 0.1) is 5.82 Å². The molecule has 106 valence electrons. The van der Waals surface area contributed by atoms with Crippen molar-refractivity contribution in [1.29, 1.82) is 0 Å². The van der Waals surface area contributed by atoms with Gasteiger partial charge in [0.05, 0.1) is 0 Å². The van der Waals surface area contributed by atoms with Gasteiger partial charge in [-0.15, -0.1) is 0 Å². The van der Waals surface area contributed by atoms with Gasteiger partial charge < -0.3 is 5.73 Å². The first-order chi connectivity index (χ1) is 9.42. The number of benzene rings is 2. The van der Waals surface area contributed by atoms with Crippen molar-refractivity contribution in [3.05, 3.63) is 58.3 Å². The minimum Gasteiger partial charge on any atom is -0.326 e. The summed E-state index contributed by atoms with van der Waals surface area (Å²) in [5, 5.41) is 0. The molecular formula is C13H12BrFN2O2S. The predicted molar refractivity (Wildman–Crippen MR) is 79.2 cm³/mol. The van der Waals surface area contributed by atoms with Crippen molar-refractivity contribution < 1.29 is 12.8 Å². The minimum atomic E-state index is -3.99. The number of sulfonamides is 1. The number of hydrogen-bond acceptors (Lipinski definition) is 3. The first kappa shape index (κ1) is 15.0. The summed E-state index contributed by atoms with van der Waals surface area (Å²) < 4.78 is 41.1. The summed E-state index contributed by atoms with van der Waals surface area (Å²) in [6.07, 6.45) is 0. The molecule has 0 aliphatic heterocycles. The molecule has 0 fully saturated rings. The van der Waals surface area contributed by atoms with Crippen LogP contribution in [0.15, 0.2) is 51.8 Å². The van der Waals surface area contributed by atoms with Crippen LogP contribution in [0.5, 0.6) is 0 Å². The number of hydrogen-bond donors (Lipinski definition) is 2. The average Bonchev–Trinajstić information content (AvgIpc) is 2.38. The van der Waals surface area contributed by atoms with Crippen LogP contribution in [-0.2, 0) is 16.6 Å². The highest BCUT2D eigenvalue weighted by atomic mass is 79.9. The van der Waals surface area contributed by atoms with Crippen LogP contribution in [0.4, 0.5) is 10.1 Å². The maximum atomic E-state index is 13.7. The Morgan fingerprint density at radius 1 is 1.20 bits per heavy atom. The van der Waals surface area contributed by atoms with Crippen LogP contribution >= 0.6 is 15.9 Å². The number of nitrogens with two attached hydrogens (primary N) is 1. The summed E-state index contributed by atoms with van der Waals surface area (Å²) in [5.41, 5.74) is 6.33. The molecule has 20 heavy (non-hydrogen) atoms. The van der Waals surface area contributed by atoms with E-state index in [2.05, 4.69) is 20.7 Å². The van der Waals surface area contributed by atoms with Crippen LogP contribution in [0.3, 0.4) is 0 Å². The molecule has 0 aromatic heterocycles. The third-order valence-corrected chi connectivity index (χ3v) is 4.49. The predicted octanol–water partition coefficient (Wildman–Crippen LogP) is 2.85. The van der Waals surface area contributed by atoms with E-state index in [9.17, 15) is 12.8 Å². The highest BCUT2D eigenvalue weighted by molar-refractivity contribution is 9.10. The highest BCUT2D eigenvalue weighted by Crippen LogP contribution is 2.22. The van der Waals surface area contributed by atoms with Crippen LogP contribution in [0.25, 0.3) is 0 Å². The Bertz CT molecular complexity index is 735. The molecule has 0 saturated carbocycles. The van der Waals surface area contributed by atoms with Gasteiger partial charge in [0.25, 0.3) is 10.0 Å². The molecule has 0 aliphatic carbocycles. The molecule has 0 spiro atoms. The van der Waals surface area contributed by atoms with E-state index in [1.807, 2.05) is 0 Å². The summed E-state index contributed by atoms with van der Waals surface area (Å²) in [7, 11) is -3.99. The molecule has 0 heterocycles. The molecule has 0 saturated heterocycles. The molecule has 3 N–H and O–H groups in total. The lowest BCUT2D eigenvalue weighted by atomic mass is 10.2. The Labute approximate surface area is 125 Å². The lowest BCUT2D eigenvalue weighted by molar-refractivity contribution is 0.569. The molecule has 2 aromatic carbocycles. The topological polar surface area (TPSA) is 72.2 Å². The molecule has 7 heteroatoms. The van der Waals surface area contributed by atoms with E-state index in [1.54, 1.807) is 24.3 Å². The average molecular weight is 359 g/mol. The minimum absolute atomic E-state index is 0.139. The Morgan fingerprint density at radius 2 is 1.95 bits per heavy atom. The van der Waals surface area contributed by atoms with Crippen molar-refractivity contribution >= 4 is 31.6 Å². The van der Waals surface area contributed by atoms with Gasteiger partial charge in [-0.25, -0.2) is 12.8 Å². The van der Waals surface area contributed by atoms with Crippen molar-refractivity contribution in [3.63, 3.8) is 0 Å². The number of halogens is 2. The zero-order valence-electron chi connectivity index (χ0n) is 10.3. The smallest absolute Gasteiger partial charge is 0.264 e. The first-order valence-electron chi connectivity index (χ1n) is 5.69. The molecule has 0 amide bonds. The van der Waals surface area contributed by atoms with E-state index in [0.29, 0.717) is 15.7 Å². The van der Waals surface area contributed by atoms with E-state index in [-0.39, 0.29) is 6.54 Å². The summed E-state index contributed by atoms with van der Waals surface area (Å²) >= 11 is 3.24. The quantitative estimate of drug-likeness (QED) is 0.882. The molecule has 4 nitrogen and oxygen atoms in total. The first-order valence-corrected chi connectivity index (χ1v) is 7.97. The fourth-order valence-electron chi connectivity index (χ4n) is 1.64. The molecule has 0 radical (unpaired) electrons. The molecular weight excluding hydrogens is 347 g/mol. The molecule has 0 bridgehead atoms. The van der Waals surface area contributed by atoms with Crippen molar-refractivity contribution in [2.45, 2.75) is 11.4 Å². The van der Waals surface area contributed by atoms with Crippen molar-refractivity contribution in [2.24, 2.45) is 5.73 Å². The monoisotopic (exact) mass is 358 g/mol. The Balaban J connectivity index is 2.40. The standard InChI is InChI=1S/C13H12BrFN2O2S/c14-10-2-1-3-11(7-10)17-20(18,19)13-6-9(8-16)4-5-12(13)15/h1-7,17H,8,16H2. The van der Waals surface area contributed by atoms with Crippen molar-refractivity contribution in [1.82, 2.24) is 0 Å². The van der Waals surface area contributed by atoms with E-state index in [4.69, 9.17) is 5.73 Å². The van der Waals surface area contributed by atoms with E-state index >= 15 is 0 Å². The van der Waals surface area contributed by atoms with Gasteiger partial charge >= 0.3 is 0 Å². The van der Waals surface area contributed by atoms with Gasteiger partial charge in [0.1, 0.15) is 10.7 Å². The lowest BCUT2D eigenvalue weighted by Crippen LogP contribution is -2.15. The van der Waals surface area contributed by atoms with Gasteiger partial charge in [0, 0.05) is 16.7 Å². The normalized spacial score (nSPS) is 11.3. The third kappa shape index (κ3) is 3.36. The van der Waals surface area contributed by atoms with E-state index in [1.165, 1.54) is 12.1 Å². The number of anilines is 1. The molecule has 2 aromatic rings. The zero-order chi connectivity index (χ0) is 14.8. The van der Waals surface area contributed by atoms with Crippen LogP contribution < -0.4 is 10.5 Å². The summed E-state index contributed by atoms with van der Waals surface area (Å²) in [6, 6.07) is 10.4. The molecule has 2 rings (SSSR count). The van der Waals surface area contributed by atoms with E-state index in [0.717, 1.165) is 6.07 Å². The third-order valence-electron chi connectivity index (χ3n) is 2.60. The number of nitrogens with one attached hydrogen (secondary N) is 1. The maximum absolute atomic E-state index is 13.7. The van der Waals surface area contributed by atoms with Gasteiger partial charge in [-0.05, 0) is 35.9 Å². The molecule has 0 unspecified atom stereocenters. The summed E-state index contributed by atoms with van der Waals surface area (Å²) in [6.45, 7) is 0.139. The summed E-state index contributed by atoms with van der Waals surface area (Å²) in [4.78, 5) is -0.416. The Kier molecular flexibility index (Phi) is 4.42. The second-order valence-corrected chi connectivity index (χ2v) is 6.65. The Hall–Kier alpha value is -1.44. The van der Waals surface area contributed by atoms with Gasteiger partial charge in [-0.2, -0.15) is 0 Å². The van der Waals surface area contributed by atoms with Crippen LogP contribution in [-0.4, -0.2) is 8.42 Å². The summed E-state index contributed by atoms with van der Waals surface area (Å²) in [5.74, 6) is -0.815. The lowest BCUT2D eigenvalue weighted by Gasteiger charge is -2.10. The highest BCUT2D eigenvalue weighted by Gasteiger charge is 2.19. The van der Waals surface area contributed by atoms with Crippen LogP contribution in [0.1, 0.15) is 5.56 Å². The largest absolute Gasteiger partial charge is 0.326 e. The maximum Gasteiger partial charge on any atom is 0.264 e. The van der Waals surface area contributed by atoms with Gasteiger partial charge in [-0.3, -0.25) is 4.72 Å². The molecule has 0 atom stereocenters. The van der Waals surface area contributed by atoms with Crippen molar-refractivity contribution in [2.75, 3.05) is 4.72 Å². The fourth-order valence-corrected chi connectivity index (χ4v) is 3.22. The molecule has 0 aliphatic rings. The fraction of sp³-hybridized carbons (Fsp3) is 0.0769. The second kappa shape index (κ2) is 5.90. The SMILES string of the molecule is NCc1ccc(F)c(S(=O)(=O)Nc2cccc(Br)c2)c1. The number of rotatable bonds is 4. The van der Waals surface area contributed by atoms with E-state index < -0.39 is 20.7 Å².